The van der Waals surface area contributed by atoms with Gasteiger partial charge in [0.05, 0.1) is 6.07 Å². The summed E-state index contributed by atoms with van der Waals surface area (Å²) in [7, 11) is 1.64. The molecule has 17 heavy (non-hydrogen) atoms. The van der Waals surface area contributed by atoms with Crippen LogP contribution in [-0.4, -0.2) is 24.4 Å². The van der Waals surface area contributed by atoms with E-state index in [1.807, 2.05) is 30.3 Å². The first kappa shape index (κ1) is 13.2. The van der Waals surface area contributed by atoms with Crippen LogP contribution in [0.5, 0.6) is 0 Å². The van der Waals surface area contributed by atoms with E-state index < -0.39 is 0 Å². The van der Waals surface area contributed by atoms with E-state index in [0.29, 0.717) is 5.56 Å². The second kappa shape index (κ2) is 5.01. The lowest BCUT2D eigenvalue weighted by Gasteiger charge is -2.24. The van der Waals surface area contributed by atoms with Crippen LogP contribution >= 0.6 is 0 Å². The maximum Gasteiger partial charge on any atom is 0.254 e. The highest BCUT2D eigenvalue weighted by Gasteiger charge is 2.22. The van der Waals surface area contributed by atoms with Gasteiger partial charge in [0.15, 0.2) is 0 Å². The second-order valence-corrected chi connectivity index (χ2v) is 5.11. The zero-order valence-corrected chi connectivity index (χ0v) is 10.8. The highest BCUT2D eigenvalue weighted by Crippen LogP contribution is 2.26. The quantitative estimate of drug-likeness (QED) is 0.733. The lowest BCUT2D eigenvalue weighted by molar-refractivity contribution is 0.0809. The largest absolute Gasteiger partial charge is 0.328 e. The Morgan fingerprint density at radius 3 is 2.47 bits per heavy atom. The van der Waals surface area contributed by atoms with Gasteiger partial charge in [-0.1, -0.05) is 39.0 Å². The molecule has 90 valence electrons. The van der Waals surface area contributed by atoms with Gasteiger partial charge in [-0.15, -0.1) is 0 Å². The molecule has 0 aliphatic rings. The first-order valence-electron chi connectivity index (χ1n) is 5.60. The summed E-state index contributed by atoms with van der Waals surface area (Å²) in [5.74, 6) is -0.0999. The predicted molar refractivity (Wildman–Crippen MR) is 67.7 cm³/mol. The van der Waals surface area contributed by atoms with Gasteiger partial charge in [0, 0.05) is 12.6 Å². The zero-order valence-electron chi connectivity index (χ0n) is 10.8. The lowest BCUT2D eigenvalue weighted by atomic mass is 9.83. The average molecular weight is 230 g/mol. The summed E-state index contributed by atoms with van der Waals surface area (Å²) in [5, 5.41) is 8.62. The van der Waals surface area contributed by atoms with Crippen LogP contribution in [0.3, 0.4) is 0 Å². The van der Waals surface area contributed by atoms with Crippen molar-refractivity contribution in [2.24, 2.45) is 0 Å². The molecule has 0 aliphatic heterocycles. The maximum atomic E-state index is 12.2. The minimum absolute atomic E-state index is 0.0836. The normalized spacial score (nSPS) is 10.8. The second-order valence-electron chi connectivity index (χ2n) is 5.11. The Bertz CT molecular complexity index is 452. The molecular weight excluding hydrogens is 212 g/mol. The molecule has 1 amide bonds. The van der Waals surface area contributed by atoms with E-state index >= 15 is 0 Å². The van der Waals surface area contributed by atoms with Crippen LogP contribution in [0.4, 0.5) is 0 Å². The van der Waals surface area contributed by atoms with E-state index in [2.05, 4.69) is 20.8 Å². The smallest absolute Gasteiger partial charge is 0.254 e. The molecule has 0 saturated heterocycles. The number of amides is 1. The van der Waals surface area contributed by atoms with Crippen molar-refractivity contribution in [3.05, 3.63) is 35.4 Å². The third kappa shape index (κ3) is 3.07. The van der Waals surface area contributed by atoms with Crippen molar-refractivity contribution in [2.75, 3.05) is 13.6 Å². The predicted octanol–water partition coefficient (Wildman–Crippen LogP) is 2.58. The Kier molecular flexibility index (Phi) is 3.90. The van der Waals surface area contributed by atoms with Crippen LogP contribution in [0.2, 0.25) is 0 Å². The van der Waals surface area contributed by atoms with Crippen LogP contribution in [0.25, 0.3) is 0 Å². The van der Waals surface area contributed by atoms with E-state index in [1.54, 1.807) is 7.05 Å². The van der Waals surface area contributed by atoms with E-state index in [4.69, 9.17) is 5.26 Å². The fourth-order valence-corrected chi connectivity index (χ4v) is 1.71. The molecule has 0 spiro atoms. The summed E-state index contributed by atoms with van der Waals surface area (Å²) in [6.45, 7) is 6.33. The third-order valence-corrected chi connectivity index (χ3v) is 2.62. The Hall–Kier alpha value is -1.82. The van der Waals surface area contributed by atoms with Gasteiger partial charge in [-0.3, -0.25) is 4.79 Å². The Balaban J connectivity index is 3.15. The third-order valence-electron chi connectivity index (χ3n) is 2.62. The first-order chi connectivity index (χ1) is 7.88. The van der Waals surface area contributed by atoms with Gasteiger partial charge in [-0.25, -0.2) is 0 Å². The van der Waals surface area contributed by atoms with Crippen molar-refractivity contribution in [2.45, 2.75) is 26.2 Å². The summed E-state index contributed by atoms with van der Waals surface area (Å²) in [4.78, 5) is 13.6. The Morgan fingerprint density at radius 1 is 1.35 bits per heavy atom. The zero-order chi connectivity index (χ0) is 13.1. The molecular formula is C14H18N2O. The monoisotopic (exact) mass is 230 g/mol. The number of hydrogen-bond donors (Lipinski definition) is 0. The van der Waals surface area contributed by atoms with E-state index in [-0.39, 0.29) is 17.9 Å². The van der Waals surface area contributed by atoms with E-state index in [0.717, 1.165) is 5.56 Å². The molecule has 0 radical (unpaired) electrons. The molecule has 0 atom stereocenters. The first-order valence-corrected chi connectivity index (χ1v) is 5.60. The van der Waals surface area contributed by atoms with Crippen LogP contribution in [0.15, 0.2) is 24.3 Å². The number of carbonyl (C=O) groups excluding carboxylic acids is 1. The number of carbonyl (C=O) groups is 1. The van der Waals surface area contributed by atoms with Gasteiger partial charge in [-0.2, -0.15) is 5.26 Å². The molecule has 3 nitrogen and oxygen atoms in total. The standard InChI is InChI=1S/C14H18N2O/c1-14(2,3)12-8-6-5-7-11(12)13(17)16(4)10-9-15/h5-8H,10H2,1-4H3. The average Bonchev–Trinajstić information content (AvgIpc) is 2.27. The summed E-state index contributed by atoms with van der Waals surface area (Å²) in [6, 6.07) is 9.55. The molecule has 1 aromatic carbocycles. The van der Waals surface area contributed by atoms with Crippen LogP contribution in [-0.2, 0) is 5.41 Å². The molecule has 1 aromatic rings. The van der Waals surface area contributed by atoms with Gasteiger partial charge < -0.3 is 4.90 Å². The number of hydrogen-bond acceptors (Lipinski definition) is 2. The molecule has 0 heterocycles. The Labute approximate surface area is 103 Å². The minimum atomic E-state index is -0.0999. The van der Waals surface area contributed by atoms with Gasteiger partial charge in [0.25, 0.3) is 5.91 Å². The van der Waals surface area contributed by atoms with Crippen molar-refractivity contribution >= 4 is 5.91 Å². The van der Waals surface area contributed by atoms with Crippen molar-refractivity contribution in [1.82, 2.24) is 4.90 Å². The highest BCUT2D eigenvalue weighted by atomic mass is 16.2. The molecule has 0 unspecified atom stereocenters. The van der Waals surface area contributed by atoms with Gasteiger partial charge >= 0.3 is 0 Å². The van der Waals surface area contributed by atoms with Crippen LogP contribution in [0.1, 0.15) is 36.7 Å². The topological polar surface area (TPSA) is 44.1 Å². The molecule has 1 rings (SSSR count). The number of nitrogens with zero attached hydrogens (tertiary/aromatic N) is 2. The Morgan fingerprint density at radius 2 is 1.94 bits per heavy atom. The number of benzene rings is 1. The van der Waals surface area contributed by atoms with E-state index in [1.165, 1.54) is 4.90 Å². The molecule has 0 fully saturated rings. The van der Waals surface area contributed by atoms with Crippen molar-refractivity contribution < 1.29 is 4.79 Å². The number of nitriles is 1. The number of rotatable bonds is 2. The summed E-state index contributed by atoms with van der Waals surface area (Å²) >= 11 is 0. The summed E-state index contributed by atoms with van der Waals surface area (Å²) in [6.07, 6.45) is 0. The molecule has 0 bridgehead atoms. The fourth-order valence-electron chi connectivity index (χ4n) is 1.71. The SMILES string of the molecule is CN(CC#N)C(=O)c1ccccc1C(C)(C)C. The molecule has 0 aromatic heterocycles. The minimum Gasteiger partial charge on any atom is -0.328 e. The molecule has 3 heteroatoms. The molecule has 0 aliphatic carbocycles. The molecule has 0 N–H and O–H groups in total. The van der Waals surface area contributed by atoms with Gasteiger partial charge in [0.1, 0.15) is 6.54 Å². The van der Waals surface area contributed by atoms with Gasteiger partial charge in [0.2, 0.25) is 0 Å². The van der Waals surface area contributed by atoms with Gasteiger partial charge in [-0.05, 0) is 17.0 Å². The van der Waals surface area contributed by atoms with Crippen LogP contribution in [0, 0.1) is 11.3 Å². The van der Waals surface area contributed by atoms with E-state index in [9.17, 15) is 4.79 Å². The van der Waals surface area contributed by atoms with Crippen molar-refractivity contribution in [3.8, 4) is 6.07 Å². The van der Waals surface area contributed by atoms with Crippen LogP contribution < -0.4 is 0 Å². The van der Waals surface area contributed by atoms with Crippen molar-refractivity contribution in [1.29, 1.82) is 5.26 Å². The van der Waals surface area contributed by atoms with Crippen molar-refractivity contribution in [3.63, 3.8) is 0 Å². The summed E-state index contributed by atoms with van der Waals surface area (Å²) < 4.78 is 0. The highest BCUT2D eigenvalue weighted by molar-refractivity contribution is 5.96. The lowest BCUT2D eigenvalue weighted by Crippen LogP contribution is -2.29. The summed E-state index contributed by atoms with van der Waals surface area (Å²) in [5.41, 5.74) is 1.60. The maximum absolute atomic E-state index is 12.2. The molecule has 0 saturated carbocycles. The fraction of sp³-hybridized carbons (Fsp3) is 0.429.